The molecule has 6 nitrogen and oxygen atoms in total. The number of halogens is 1. The zero-order valence-electron chi connectivity index (χ0n) is 14.6. The Morgan fingerprint density at radius 3 is 2.48 bits per heavy atom. The molecule has 1 fully saturated rings. The van der Waals surface area contributed by atoms with Crippen LogP contribution in [-0.4, -0.2) is 40.9 Å². The SMILES string of the molecule is O=C(Cc1ccccc1C(=O)O)Nc1cc(C(=O)N2CCCC2)ccc1Cl. The van der Waals surface area contributed by atoms with E-state index in [1.54, 1.807) is 41.3 Å². The van der Waals surface area contributed by atoms with Crippen LogP contribution in [0.1, 0.15) is 39.1 Å². The van der Waals surface area contributed by atoms with E-state index < -0.39 is 11.9 Å². The Bertz CT molecular complexity index is 891. The number of likely N-dealkylation sites (tertiary alicyclic amines) is 1. The quantitative estimate of drug-likeness (QED) is 0.823. The number of carbonyl (C=O) groups is 3. The molecule has 1 aliphatic heterocycles. The van der Waals surface area contributed by atoms with Gasteiger partial charge in [0.05, 0.1) is 22.7 Å². The van der Waals surface area contributed by atoms with Crippen LogP contribution in [0, 0.1) is 0 Å². The van der Waals surface area contributed by atoms with E-state index in [0.29, 0.717) is 21.8 Å². The van der Waals surface area contributed by atoms with Gasteiger partial charge in [0.2, 0.25) is 5.91 Å². The lowest BCUT2D eigenvalue weighted by molar-refractivity contribution is -0.115. The van der Waals surface area contributed by atoms with Crippen molar-refractivity contribution in [3.8, 4) is 0 Å². The summed E-state index contributed by atoms with van der Waals surface area (Å²) in [5.74, 6) is -1.58. The zero-order valence-corrected chi connectivity index (χ0v) is 15.3. The second-order valence-corrected chi connectivity index (χ2v) is 6.79. The number of rotatable bonds is 5. The molecule has 0 spiro atoms. The van der Waals surface area contributed by atoms with Crippen LogP contribution < -0.4 is 5.32 Å². The first-order chi connectivity index (χ1) is 13.0. The average Bonchev–Trinajstić information content (AvgIpc) is 3.18. The number of carbonyl (C=O) groups excluding carboxylic acids is 2. The standard InChI is InChI=1S/C20H19ClN2O4/c21-16-8-7-14(19(25)23-9-3-4-10-23)11-17(16)22-18(24)12-13-5-1-2-6-15(13)20(26)27/h1-2,5-8,11H,3-4,9-10,12H2,(H,22,24)(H,26,27). The molecule has 2 N–H and O–H groups in total. The van der Waals surface area contributed by atoms with Crippen LogP contribution in [0.15, 0.2) is 42.5 Å². The first-order valence-corrected chi connectivity index (χ1v) is 9.03. The van der Waals surface area contributed by atoms with Gasteiger partial charge in [0.1, 0.15) is 0 Å². The lowest BCUT2D eigenvalue weighted by atomic mass is 10.0. The normalized spacial score (nSPS) is 13.4. The molecular formula is C20H19ClN2O4. The van der Waals surface area contributed by atoms with Gasteiger partial charge in [-0.3, -0.25) is 9.59 Å². The smallest absolute Gasteiger partial charge is 0.335 e. The molecule has 1 saturated heterocycles. The summed E-state index contributed by atoms with van der Waals surface area (Å²) in [5, 5.41) is 12.2. The summed E-state index contributed by atoms with van der Waals surface area (Å²) in [6.45, 7) is 1.46. The molecule has 140 valence electrons. The second kappa shape index (κ2) is 8.22. The van der Waals surface area contributed by atoms with E-state index in [0.717, 1.165) is 25.9 Å². The number of carboxylic acids is 1. The summed E-state index contributed by atoms with van der Waals surface area (Å²) in [6, 6.07) is 11.1. The van der Waals surface area contributed by atoms with Crippen molar-refractivity contribution in [2.75, 3.05) is 18.4 Å². The molecule has 2 amide bonds. The average molecular weight is 387 g/mol. The Kier molecular flexibility index (Phi) is 5.76. The number of hydrogen-bond donors (Lipinski definition) is 2. The van der Waals surface area contributed by atoms with E-state index in [1.165, 1.54) is 6.07 Å². The molecule has 0 bridgehead atoms. The Labute approximate surface area is 161 Å². The van der Waals surface area contributed by atoms with Crippen LogP contribution in [0.5, 0.6) is 0 Å². The third-order valence-corrected chi connectivity index (χ3v) is 4.81. The molecule has 7 heteroatoms. The highest BCUT2D eigenvalue weighted by atomic mass is 35.5. The van der Waals surface area contributed by atoms with E-state index in [2.05, 4.69) is 5.32 Å². The molecule has 0 unspecified atom stereocenters. The fourth-order valence-corrected chi connectivity index (χ4v) is 3.27. The van der Waals surface area contributed by atoms with Gasteiger partial charge in [-0.05, 0) is 42.7 Å². The first-order valence-electron chi connectivity index (χ1n) is 8.65. The summed E-state index contributed by atoms with van der Waals surface area (Å²) < 4.78 is 0. The minimum Gasteiger partial charge on any atom is -0.478 e. The minimum absolute atomic E-state index is 0.0803. The highest BCUT2D eigenvalue weighted by molar-refractivity contribution is 6.34. The van der Waals surface area contributed by atoms with Gasteiger partial charge in [-0.25, -0.2) is 4.79 Å². The second-order valence-electron chi connectivity index (χ2n) is 6.38. The van der Waals surface area contributed by atoms with Crippen molar-refractivity contribution in [3.05, 3.63) is 64.2 Å². The van der Waals surface area contributed by atoms with Crippen LogP contribution in [-0.2, 0) is 11.2 Å². The van der Waals surface area contributed by atoms with Gasteiger partial charge in [-0.2, -0.15) is 0 Å². The van der Waals surface area contributed by atoms with Crippen molar-refractivity contribution < 1.29 is 19.5 Å². The van der Waals surface area contributed by atoms with Gasteiger partial charge in [-0.1, -0.05) is 29.8 Å². The fourth-order valence-electron chi connectivity index (χ4n) is 3.11. The monoisotopic (exact) mass is 386 g/mol. The molecular weight excluding hydrogens is 368 g/mol. The van der Waals surface area contributed by atoms with Crippen molar-refractivity contribution in [3.63, 3.8) is 0 Å². The number of carboxylic acid groups (broad SMARTS) is 1. The Morgan fingerprint density at radius 1 is 1.07 bits per heavy atom. The van der Waals surface area contributed by atoms with Crippen LogP contribution in [0.2, 0.25) is 5.02 Å². The lowest BCUT2D eigenvalue weighted by Crippen LogP contribution is -2.27. The van der Waals surface area contributed by atoms with Crippen molar-refractivity contribution in [2.45, 2.75) is 19.3 Å². The summed E-state index contributed by atoms with van der Waals surface area (Å²) >= 11 is 6.16. The molecule has 1 heterocycles. The maximum atomic E-state index is 12.5. The van der Waals surface area contributed by atoms with Gasteiger partial charge < -0.3 is 15.3 Å². The van der Waals surface area contributed by atoms with Gasteiger partial charge in [0.25, 0.3) is 5.91 Å². The van der Waals surface area contributed by atoms with Crippen molar-refractivity contribution in [1.29, 1.82) is 0 Å². The Hall–Kier alpha value is -2.86. The van der Waals surface area contributed by atoms with Gasteiger partial charge >= 0.3 is 5.97 Å². The number of nitrogens with one attached hydrogen (secondary N) is 1. The van der Waals surface area contributed by atoms with Crippen molar-refractivity contribution >= 4 is 35.1 Å². The molecule has 0 radical (unpaired) electrons. The van der Waals surface area contributed by atoms with Crippen LogP contribution in [0.25, 0.3) is 0 Å². The Morgan fingerprint density at radius 2 is 1.78 bits per heavy atom. The number of benzene rings is 2. The number of anilines is 1. The first kappa shape index (κ1) is 18.9. The van der Waals surface area contributed by atoms with Gasteiger partial charge in [0, 0.05) is 18.7 Å². The molecule has 0 aliphatic carbocycles. The summed E-state index contributed by atoms with van der Waals surface area (Å²) in [4.78, 5) is 37.9. The minimum atomic E-state index is -1.09. The van der Waals surface area contributed by atoms with Crippen LogP contribution in [0.4, 0.5) is 5.69 Å². The molecule has 1 aliphatic rings. The third-order valence-electron chi connectivity index (χ3n) is 4.48. The topological polar surface area (TPSA) is 86.7 Å². The molecule has 0 aromatic heterocycles. The molecule has 27 heavy (non-hydrogen) atoms. The van der Waals surface area contributed by atoms with Gasteiger partial charge in [0.15, 0.2) is 0 Å². The maximum absolute atomic E-state index is 12.5. The van der Waals surface area contributed by atoms with Crippen LogP contribution in [0.3, 0.4) is 0 Å². The van der Waals surface area contributed by atoms with E-state index in [-0.39, 0.29) is 17.9 Å². The third kappa shape index (κ3) is 4.46. The molecule has 2 aromatic carbocycles. The van der Waals surface area contributed by atoms with E-state index in [1.807, 2.05) is 0 Å². The number of nitrogens with zero attached hydrogens (tertiary/aromatic N) is 1. The van der Waals surface area contributed by atoms with Gasteiger partial charge in [-0.15, -0.1) is 0 Å². The number of amides is 2. The summed E-state index contributed by atoms with van der Waals surface area (Å²) in [6.07, 6.45) is 1.88. The fraction of sp³-hybridized carbons (Fsp3) is 0.250. The molecule has 2 aromatic rings. The number of aromatic carboxylic acids is 1. The highest BCUT2D eigenvalue weighted by Crippen LogP contribution is 2.25. The largest absolute Gasteiger partial charge is 0.478 e. The zero-order chi connectivity index (χ0) is 19.4. The van der Waals surface area contributed by atoms with E-state index in [9.17, 15) is 19.5 Å². The lowest BCUT2D eigenvalue weighted by Gasteiger charge is -2.16. The van der Waals surface area contributed by atoms with Crippen molar-refractivity contribution in [1.82, 2.24) is 4.90 Å². The highest BCUT2D eigenvalue weighted by Gasteiger charge is 2.21. The predicted molar refractivity (Wildman–Crippen MR) is 102 cm³/mol. The molecule has 0 atom stereocenters. The van der Waals surface area contributed by atoms with E-state index >= 15 is 0 Å². The molecule has 3 rings (SSSR count). The van der Waals surface area contributed by atoms with Crippen LogP contribution >= 0.6 is 11.6 Å². The Balaban J connectivity index is 1.75. The van der Waals surface area contributed by atoms with E-state index in [4.69, 9.17) is 11.6 Å². The summed E-state index contributed by atoms with van der Waals surface area (Å²) in [7, 11) is 0. The van der Waals surface area contributed by atoms with Crippen molar-refractivity contribution in [2.24, 2.45) is 0 Å². The molecule has 0 saturated carbocycles. The predicted octanol–water partition coefficient (Wildman–Crippen LogP) is 3.46. The number of hydrogen-bond acceptors (Lipinski definition) is 3. The summed E-state index contributed by atoms with van der Waals surface area (Å²) in [5.41, 5.74) is 1.28. The maximum Gasteiger partial charge on any atom is 0.335 e.